The highest BCUT2D eigenvalue weighted by Crippen LogP contribution is 2.54. The molecule has 1 aliphatic rings. The monoisotopic (exact) mass is 546 g/mol. The molecule has 0 bridgehead atoms. The SMILES string of the molecule is CC1(C)c2c(ccc3cc(-c4ccc5ccccc5c4)ccc23)-c2ccc3cc(-c4ccc5ccccc5c4)ccc3c21. The fourth-order valence-electron chi connectivity index (χ4n) is 7.68. The minimum absolute atomic E-state index is 0.112. The standard InChI is InChI=1S/C43H30/c1-43(2)41-37-19-15-33(31-13-11-27-7-3-5-9-29(27)23-31)25-35(37)17-21-39(41)40-22-18-36-26-34(16-20-38(36)42(40)43)32-14-12-28-8-4-6-10-30(28)24-32/h3-26H,1-2H3. The van der Waals surface area contributed by atoms with E-state index in [0.29, 0.717) is 0 Å². The lowest BCUT2D eigenvalue weighted by Gasteiger charge is -2.25. The molecule has 0 spiro atoms. The van der Waals surface area contributed by atoms with Gasteiger partial charge in [0.15, 0.2) is 0 Å². The lowest BCUT2D eigenvalue weighted by Crippen LogP contribution is -2.16. The van der Waals surface area contributed by atoms with Crippen molar-refractivity contribution in [3.8, 4) is 33.4 Å². The van der Waals surface area contributed by atoms with Crippen LogP contribution in [0.3, 0.4) is 0 Å². The molecule has 0 saturated carbocycles. The van der Waals surface area contributed by atoms with E-state index in [9.17, 15) is 0 Å². The van der Waals surface area contributed by atoms with E-state index in [0.717, 1.165) is 0 Å². The molecule has 0 saturated heterocycles. The van der Waals surface area contributed by atoms with Gasteiger partial charge in [-0.1, -0.05) is 135 Å². The van der Waals surface area contributed by atoms with Crippen LogP contribution in [-0.2, 0) is 5.41 Å². The highest BCUT2D eigenvalue weighted by molar-refractivity contribution is 6.05. The average molecular weight is 547 g/mol. The van der Waals surface area contributed by atoms with E-state index < -0.39 is 0 Å². The van der Waals surface area contributed by atoms with Crippen molar-refractivity contribution in [1.82, 2.24) is 0 Å². The van der Waals surface area contributed by atoms with Gasteiger partial charge in [0, 0.05) is 5.41 Å². The van der Waals surface area contributed by atoms with Crippen molar-refractivity contribution in [2.75, 3.05) is 0 Å². The molecule has 8 aromatic carbocycles. The summed E-state index contributed by atoms with van der Waals surface area (Å²) in [7, 11) is 0. The van der Waals surface area contributed by atoms with Crippen LogP contribution in [0.2, 0.25) is 0 Å². The Bertz CT molecular complexity index is 2250. The van der Waals surface area contributed by atoms with Gasteiger partial charge in [-0.15, -0.1) is 0 Å². The molecule has 0 fully saturated rings. The van der Waals surface area contributed by atoms with Crippen LogP contribution < -0.4 is 0 Å². The average Bonchev–Trinajstić information content (AvgIpc) is 3.30. The first-order chi connectivity index (χ1) is 21.0. The van der Waals surface area contributed by atoms with Gasteiger partial charge in [-0.05, 0) is 112 Å². The normalized spacial score (nSPS) is 13.5. The zero-order valence-corrected chi connectivity index (χ0v) is 24.4. The Balaban J connectivity index is 1.16. The van der Waals surface area contributed by atoms with Gasteiger partial charge in [-0.25, -0.2) is 0 Å². The molecular formula is C43H30. The molecule has 0 radical (unpaired) electrons. The van der Waals surface area contributed by atoms with Gasteiger partial charge < -0.3 is 0 Å². The maximum atomic E-state index is 2.41. The van der Waals surface area contributed by atoms with Gasteiger partial charge in [0.25, 0.3) is 0 Å². The first-order valence-corrected chi connectivity index (χ1v) is 15.2. The highest BCUT2D eigenvalue weighted by atomic mass is 14.4. The van der Waals surface area contributed by atoms with Crippen molar-refractivity contribution >= 4 is 43.1 Å². The van der Waals surface area contributed by atoms with Crippen molar-refractivity contribution < 1.29 is 0 Å². The molecule has 0 heterocycles. The maximum absolute atomic E-state index is 2.41. The number of fused-ring (bicyclic) bond motifs is 9. The van der Waals surface area contributed by atoms with Gasteiger partial charge >= 0.3 is 0 Å². The summed E-state index contributed by atoms with van der Waals surface area (Å²) in [5.74, 6) is 0. The molecule has 0 aliphatic heterocycles. The quantitative estimate of drug-likeness (QED) is 0.202. The highest BCUT2D eigenvalue weighted by Gasteiger charge is 2.38. The van der Waals surface area contributed by atoms with Crippen molar-refractivity contribution in [2.24, 2.45) is 0 Å². The minimum Gasteiger partial charge on any atom is -0.0616 e. The number of hydrogen-bond acceptors (Lipinski definition) is 0. The first-order valence-electron chi connectivity index (χ1n) is 15.2. The number of rotatable bonds is 2. The number of benzene rings is 8. The summed E-state index contributed by atoms with van der Waals surface area (Å²) < 4.78 is 0. The summed E-state index contributed by atoms with van der Waals surface area (Å²) in [6.45, 7) is 4.82. The van der Waals surface area contributed by atoms with Gasteiger partial charge in [0.05, 0.1) is 0 Å². The van der Waals surface area contributed by atoms with Crippen LogP contribution >= 0.6 is 0 Å². The van der Waals surface area contributed by atoms with Gasteiger partial charge in [-0.2, -0.15) is 0 Å². The third-order valence-corrected chi connectivity index (χ3v) is 9.75. The summed E-state index contributed by atoms with van der Waals surface area (Å²) in [5, 5.41) is 10.4. The van der Waals surface area contributed by atoms with E-state index in [1.807, 2.05) is 0 Å². The van der Waals surface area contributed by atoms with E-state index in [4.69, 9.17) is 0 Å². The van der Waals surface area contributed by atoms with Crippen molar-refractivity contribution in [2.45, 2.75) is 19.3 Å². The van der Waals surface area contributed by atoms with E-state index in [2.05, 4.69) is 159 Å². The van der Waals surface area contributed by atoms with E-state index in [1.165, 1.54) is 87.6 Å². The third-order valence-electron chi connectivity index (χ3n) is 9.75. The Labute approximate surface area is 251 Å². The topological polar surface area (TPSA) is 0 Å². The Morgan fingerprint density at radius 3 is 1.12 bits per heavy atom. The molecule has 0 nitrogen and oxygen atoms in total. The second-order valence-corrected chi connectivity index (χ2v) is 12.6. The minimum atomic E-state index is -0.112. The van der Waals surface area contributed by atoms with Gasteiger partial charge in [0.2, 0.25) is 0 Å². The second-order valence-electron chi connectivity index (χ2n) is 12.6. The summed E-state index contributed by atoms with van der Waals surface area (Å²) in [6.07, 6.45) is 0. The van der Waals surface area contributed by atoms with Crippen LogP contribution in [0.5, 0.6) is 0 Å². The predicted octanol–water partition coefficient (Wildman–Crippen LogP) is 11.9. The smallest absolute Gasteiger partial charge is 0.0171 e. The van der Waals surface area contributed by atoms with Crippen LogP contribution in [0.25, 0.3) is 76.5 Å². The molecule has 202 valence electrons. The predicted molar refractivity (Wildman–Crippen MR) is 185 cm³/mol. The molecule has 0 N–H and O–H groups in total. The zero-order chi connectivity index (χ0) is 28.7. The molecule has 0 aromatic heterocycles. The summed E-state index contributed by atoms with van der Waals surface area (Å²) >= 11 is 0. The van der Waals surface area contributed by atoms with Crippen molar-refractivity contribution in [3.05, 3.63) is 157 Å². The first kappa shape index (κ1) is 24.4. The molecule has 43 heavy (non-hydrogen) atoms. The lowest BCUT2D eigenvalue weighted by molar-refractivity contribution is 0.672. The Kier molecular flexibility index (Phi) is 5.05. The Morgan fingerprint density at radius 1 is 0.326 bits per heavy atom. The second kappa shape index (κ2) is 8.90. The van der Waals surface area contributed by atoms with E-state index >= 15 is 0 Å². The molecule has 0 unspecified atom stereocenters. The fourth-order valence-corrected chi connectivity index (χ4v) is 7.68. The molecule has 0 atom stereocenters. The van der Waals surface area contributed by atoms with Crippen molar-refractivity contribution in [1.29, 1.82) is 0 Å². The van der Waals surface area contributed by atoms with Crippen LogP contribution in [0.4, 0.5) is 0 Å². The largest absolute Gasteiger partial charge is 0.0616 e. The lowest BCUT2D eigenvalue weighted by atomic mass is 9.78. The van der Waals surface area contributed by atoms with Crippen LogP contribution in [0.1, 0.15) is 25.0 Å². The van der Waals surface area contributed by atoms with Crippen molar-refractivity contribution in [3.63, 3.8) is 0 Å². The molecule has 0 amide bonds. The third kappa shape index (κ3) is 3.63. The van der Waals surface area contributed by atoms with E-state index in [-0.39, 0.29) is 5.41 Å². The fraction of sp³-hybridized carbons (Fsp3) is 0.0698. The molecule has 0 heteroatoms. The molecule has 9 rings (SSSR count). The van der Waals surface area contributed by atoms with Crippen LogP contribution in [0, 0.1) is 0 Å². The zero-order valence-electron chi connectivity index (χ0n) is 24.4. The van der Waals surface area contributed by atoms with Crippen LogP contribution in [-0.4, -0.2) is 0 Å². The molecule has 8 aromatic rings. The number of hydrogen-bond donors (Lipinski definition) is 0. The molecule has 1 aliphatic carbocycles. The Morgan fingerprint density at radius 2 is 0.674 bits per heavy atom. The Hall–Kier alpha value is -5.20. The summed E-state index contributed by atoms with van der Waals surface area (Å²) in [6, 6.07) is 54.1. The van der Waals surface area contributed by atoms with Gasteiger partial charge in [-0.3, -0.25) is 0 Å². The van der Waals surface area contributed by atoms with E-state index in [1.54, 1.807) is 0 Å². The maximum Gasteiger partial charge on any atom is 0.0171 e. The summed E-state index contributed by atoms with van der Waals surface area (Å²) in [5.41, 5.74) is 10.5. The van der Waals surface area contributed by atoms with Crippen LogP contribution in [0.15, 0.2) is 146 Å². The summed E-state index contributed by atoms with van der Waals surface area (Å²) in [4.78, 5) is 0. The van der Waals surface area contributed by atoms with Gasteiger partial charge in [0.1, 0.15) is 0 Å². The molecular weight excluding hydrogens is 516 g/mol.